The van der Waals surface area contributed by atoms with Gasteiger partial charge < -0.3 is 9.47 Å². The molecule has 0 radical (unpaired) electrons. The van der Waals surface area contributed by atoms with Gasteiger partial charge in [-0.2, -0.15) is 0 Å². The van der Waals surface area contributed by atoms with E-state index in [4.69, 9.17) is 15.9 Å². The van der Waals surface area contributed by atoms with Gasteiger partial charge in [-0.05, 0) is 60.3 Å². The molecule has 1 aliphatic rings. The summed E-state index contributed by atoms with van der Waals surface area (Å²) in [6.45, 7) is 0.271. The second kappa shape index (κ2) is 9.63. The van der Waals surface area contributed by atoms with Crippen LogP contribution in [0.1, 0.15) is 5.56 Å². The number of ether oxygens (including phenoxy) is 2. The van der Waals surface area contributed by atoms with Gasteiger partial charge in [-0.1, -0.05) is 21.9 Å². The number of thioether (sulfide) groups is 1. The monoisotopic (exact) mass is 475 g/mol. The summed E-state index contributed by atoms with van der Waals surface area (Å²) >= 11 is 4.22. The Morgan fingerprint density at radius 2 is 1.93 bits per heavy atom. The van der Waals surface area contributed by atoms with Crippen LogP contribution in [0.3, 0.4) is 0 Å². The van der Waals surface area contributed by atoms with Crippen molar-refractivity contribution >= 4 is 44.9 Å². The smallest absolute Gasteiger partial charge is 0.293 e. The molecule has 1 saturated heterocycles. The number of carbonyl (C=O) groups is 2. The number of terminal acetylenes is 1. The molecule has 2 aromatic rings. The summed E-state index contributed by atoms with van der Waals surface area (Å²) < 4.78 is 24.7. The second-order valence-electron chi connectivity index (χ2n) is 5.81. The van der Waals surface area contributed by atoms with Crippen molar-refractivity contribution in [2.75, 3.05) is 19.8 Å². The first-order valence-electron chi connectivity index (χ1n) is 8.47. The van der Waals surface area contributed by atoms with Gasteiger partial charge in [-0.3, -0.25) is 14.5 Å². The summed E-state index contributed by atoms with van der Waals surface area (Å²) in [5, 5.41) is -0.384. The zero-order valence-electron chi connectivity index (χ0n) is 15.1. The van der Waals surface area contributed by atoms with E-state index in [9.17, 15) is 14.0 Å². The summed E-state index contributed by atoms with van der Waals surface area (Å²) in [6.07, 6.45) is 6.83. The van der Waals surface area contributed by atoms with Crippen molar-refractivity contribution in [1.29, 1.82) is 0 Å². The van der Waals surface area contributed by atoms with Gasteiger partial charge in [-0.25, -0.2) is 4.39 Å². The molecule has 1 fully saturated rings. The van der Waals surface area contributed by atoms with E-state index in [0.717, 1.165) is 21.1 Å². The van der Waals surface area contributed by atoms with E-state index in [1.807, 2.05) is 0 Å². The highest BCUT2D eigenvalue weighted by Gasteiger charge is 2.35. The van der Waals surface area contributed by atoms with Gasteiger partial charge in [0.2, 0.25) is 0 Å². The molecule has 0 spiro atoms. The van der Waals surface area contributed by atoms with E-state index in [1.54, 1.807) is 24.3 Å². The molecule has 0 aromatic heterocycles. The Kier molecular flexibility index (Phi) is 6.96. The summed E-state index contributed by atoms with van der Waals surface area (Å²) in [7, 11) is 0. The SMILES string of the molecule is C#CCOc1ccc(Br)cc1/C=C1\SC(=O)N(CCOc2ccc(F)cc2)C1=O. The van der Waals surface area contributed by atoms with Gasteiger partial charge >= 0.3 is 0 Å². The van der Waals surface area contributed by atoms with E-state index in [2.05, 4.69) is 21.9 Å². The fraction of sp³-hybridized carbons (Fsp3) is 0.143. The topological polar surface area (TPSA) is 55.8 Å². The van der Waals surface area contributed by atoms with Crippen LogP contribution in [0.25, 0.3) is 6.08 Å². The van der Waals surface area contributed by atoms with Crippen LogP contribution in [0.4, 0.5) is 9.18 Å². The summed E-state index contributed by atoms with van der Waals surface area (Å²) in [4.78, 5) is 26.3. The number of rotatable bonds is 7. The Hall–Kier alpha value is -2.76. The molecule has 0 unspecified atom stereocenters. The molecule has 5 nitrogen and oxygen atoms in total. The van der Waals surface area contributed by atoms with Crippen molar-refractivity contribution in [1.82, 2.24) is 4.90 Å². The molecule has 8 heteroatoms. The normalized spacial score (nSPS) is 14.9. The van der Waals surface area contributed by atoms with Crippen LogP contribution < -0.4 is 9.47 Å². The molecule has 0 bridgehead atoms. The van der Waals surface area contributed by atoms with E-state index < -0.39 is 5.91 Å². The lowest BCUT2D eigenvalue weighted by Gasteiger charge is -2.13. The average molecular weight is 476 g/mol. The molecule has 0 saturated carbocycles. The van der Waals surface area contributed by atoms with Crippen molar-refractivity contribution in [2.45, 2.75) is 0 Å². The minimum absolute atomic E-state index is 0.0817. The van der Waals surface area contributed by atoms with Crippen LogP contribution in [0, 0.1) is 18.2 Å². The highest BCUT2D eigenvalue weighted by Crippen LogP contribution is 2.34. The van der Waals surface area contributed by atoms with Crippen molar-refractivity contribution in [3.05, 3.63) is 63.2 Å². The third kappa shape index (κ3) is 5.40. The van der Waals surface area contributed by atoms with Crippen molar-refractivity contribution in [3.63, 3.8) is 0 Å². The zero-order chi connectivity index (χ0) is 20.8. The predicted octanol–water partition coefficient (Wildman–Crippen LogP) is 4.72. The third-order valence-electron chi connectivity index (χ3n) is 3.84. The van der Waals surface area contributed by atoms with Gasteiger partial charge in [0.1, 0.15) is 30.5 Å². The Morgan fingerprint density at radius 3 is 2.66 bits per heavy atom. The van der Waals surface area contributed by atoms with Gasteiger partial charge in [0.25, 0.3) is 11.1 Å². The Labute approximate surface area is 180 Å². The number of benzene rings is 2. The van der Waals surface area contributed by atoms with Crippen LogP contribution in [-0.2, 0) is 4.79 Å². The zero-order valence-corrected chi connectivity index (χ0v) is 17.5. The molecular formula is C21H15BrFNO4S. The lowest BCUT2D eigenvalue weighted by molar-refractivity contribution is -0.123. The Morgan fingerprint density at radius 1 is 1.17 bits per heavy atom. The first-order chi connectivity index (χ1) is 14.0. The average Bonchev–Trinajstić information content (AvgIpc) is 2.96. The van der Waals surface area contributed by atoms with Crippen LogP contribution in [0.2, 0.25) is 0 Å². The predicted molar refractivity (Wildman–Crippen MR) is 113 cm³/mol. The van der Waals surface area contributed by atoms with Gasteiger partial charge in [0.05, 0.1) is 11.4 Å². The minimum Gasteiger partial charge on any atom is -0.492 e. The summed E-state index contributed by atoms with van der Waals surface area (Å²) in [5.74, 6) is 2.58. The number of hydrogen-bond donors (Lipinski definition) is 0. The molecular weight excluding hydrogens is 461 g/mol. The lowest BCUT2D eigenvalue weighted by atomic mass is 10.2. The van der Waals surface area contributed by atoms with Gasteiger partial charge in [-0.15, -0.1) is 6.42 Å². The van der Waals surface area contributed by atoms with Crippen LogP contribution in [0.5, 0.6) is 11.5 Å². The molecule has 0 aliphatic carbocycles. The maximum atomic E-state index is 12.9. The van der Waals surface area contributed by atoms with E-state index in [1.165, 1.54) is 24.3 Å². The molecule has 29 heavy (non-hydrogen) atoms. The number of nitrogens with zero attached hydrogens (tertiary/aromatic N) is 1. The highest BCUT2D eigenvalue weighted by molar-refractivity contribution is 9.10. The number of amides is 2. The van der Waals surface area contributed by atoms with E-state index in [0.29, 0.717) is 17.1 Å². The van der Waals surface area contributed by atoms with Crippen LogP contribution in [-0.4, -0.2) is 35.8 Å². The Bertz CT molecular complexity index is 1000. The molecule has 2 amide bonds. The van der Waals surface area contributed by atoms with E-state index in [-0.39, 0.29) is 35.7 Å². The quantitative estimate of drug-likeness (QED) is 0.428. The molecule has 1 heterocycles. The fourth-order valence-corrected chi connectivity index (χ4v) is 3.74. The number of hydrogen-bond acceptors (Lipinski definition) is 5. The molecule has 2 aromatic carbocycles. The number of imide groups is 1. The first-order valence-corrected chi connectivity index (χ1v) is 10.1. The standard InChI is InChI=1S/C21H15BrFNO4S/c1-2-10-28-18-8-3-15(22)12-14(18)13-19-20(25)24(21(26)29-19)9-11-27-17-6-4-16(23)5-7-17/h1,3-8,12-13H,9-11H2/b19-13-. The molecule has 0 atom stereocenters. The summed E-state index contributed by atoms with van der Waals surface area (Å²) in [5.41, 5.74) is 0.627. The highest BCUT2D eigenvalue weighted by atomic mass is 79.9. The largest absolute Gasteiger partial charge is 0.492 e. The van der Waals surface area contributed by atoms with Crippen molar-refractivity contribution in [3.8, 4) is 23.8 Å². The second-order valence-corrected chi connectivity index (χ2v) is 7.72. The third-order valence-corrected chi connectivity index (χ3v) is 5.24. The molecule has 1 aliphatic heterocycles. The summed E-state index contributed by atoms with van der Waals surface area (Å²) in [6, 6.07) is 10.8. The van der Waals surface area contributed by atoms with Crippen LogP contribution >= 0.6 is 27.7 Å². The van der Waals surface area contributed by atoms with E-state index >= 15 is 0 Å². The number of halogens is 2. The maximum absolute atomic E-state index is 12.9. The fourth-order valence-electron chi connectivity index (χ4n) is 2.50. The minimum atomic E-state index is -0.411. The van der Waals surface area contributed by atoms with Crippen molar-refractivity contribution < 1.29 is 23.5 Å². The molecule has 3 rings (SSSR count). The lowest BCUT2D eigenvalue weighted by Crippen LogP contribution is -2.32. The number of carbonyl (C=O) groups excluding carboxylic acids is 2. The van der Waals surface area contributed by atoms with Crippen LogP contribution in [0.15, 0.2) is 51.8 Å². The maximum Gasteiger partial charge on any atom is 0.293 e. The first kappa shape index (κ1) is 21.0. The Balaban J connectivity index is 1.69. The van der Waals surface area contributed by atoms with Crippen molar-refractivity contribution in [2.24, 2.45) is 0 Å². The molecule has 0 N–H and O–H groups in total. The molecule has 148 valence electrons. The van der Waals surface area contributed by atoms with Gasteiger partial charge in [0.15, 0.2) is 0 Å². The van der Waals surface area contributed by atoms with Gasteiger partial charge in [0, 0.05) is 10.0 Å².